The third kappa shape index (κ3) is 2.82. The molecule has 0 aliphatic carbocycles. The summed E-state index contributed by atoms with van der Waals surface area (Å²) in [4.78, 5) is 15.2. The molecule has 0 saturated carbocycles. The number of nitrogens with one attached hydrogen (secondary N) is 1. The van der Waals surface area contributed by atoms with Gasteiger partial charge in [0.1, 0.15) is 5.75 Å². The van der Waals surface area contributed by atoms with Gasteiger partial charge in [-0.15, -0.1) is 0 Å². The summed E-state index contributed by atoms with van der Waals surface area (Å²) in [7, 11) is 0. The second-order valence-corrected chi connectivity index (χ2v) is 5.21. The Kier molecular flexibility index (Phi) is 3.49. The number of nitrogens with zero attached hydrogens (tertiary/aromatic N) is 1. The molecule has 3 aromatic rings. The molecule has 0 spiro atoms. The van der Waals surface area contributed by atoms with Crippen LogP contribution in [-0.2, 0) is 0 Å². The number of aromatic carboxylic acids is 1. The van der Waals surface area contributed by atoms with Gasteiger partial charge in [0, 0.05) is 6.07 Å². The fraction of sp³-hybridized carbons (Fsp3) is 0.143. The van der Waals surface area contributed by atoms with Crippen molar-refractivity contribution in [1.29, 1.82) is 0 Å². The molecule has 2 N–H and O–H groups in total. The first-order valence-electron chi connectivity index (χ1n) is 6.29. The molecule has 0 unspecified atom stereocenters. The lowest BCUT2D eigenvalue weighted by Gasteiger charge is -2.00. The number of furan rings is 1. The monoisotopic (exact) mass is 304 g/mol. The van der Waals surface area contributed by atoms with Gasteiger partial charge in [-0.25, -0.2) is 9.78 Å². The average Bonchev–Trinajstić information content (AvgIpc) is 3.05. The quantitative estimate of drug-likeness (QED) is 0.747. The fourth-order valence-corrected chi connectivity index (χ4v) is 2.74. The van der Waals surface area contributed by atoms with Gasteiger partial charge >= 0.3 is 5.97 Å². The van der Waals surface area contributed by atoms with Crippen LogP contribution in [0.4, 0.5) is 11.0 Å². The van der Waals surface area contributed by atoms with Gasteiger partial charge in [0.15, 0.2) is 11.0 Å². The summed E-state index contributed by atoms with van der Waals surface area (Å²) in [5.74, 6) is -0.0752. The number of carboxylic acids is 1. The first kappa shape index (κ1) is 13.4. The molecule has 0 radical (unpaired) electrons. The highest BCUT2D eigenvalue weighted by molar-refractivity contribution is 7.22. The van der Waals surface area contributed by atoms with Gasteiger partial charge in [-0.3, -0.25) is 0 Å². The number of rotatable bonds is 5. The van der Waals surface area contributed by atoms with Crippen molar-refractivity contribution >= 4 is 38.5 Å². The summed E-state index contributed by atoms with van der Waals surface area (Å²) < 4.78 is 11.6. The lowest BCUT2D eigenvalue weighted by molar-refractivity contribution is 0.0663. The number of fused-ring (bicyclic) bond motifs is 1. The summed E-state index contributed by atoms with van der Waals surface area (Å²) in [6.07, 6.45) is 0. The van der Waals surface area contributed by atoms with Crippen molar-refractivity contribution < 1.29 is 19.1 Å². The summed E-state index contributed by atoms with van der Waals surface area (Å²) >= 11 is 1.44. The van der Waals surface area contributed by atoms with E-state index < -0.39 is 5.97 Å². The molecule has 6 nitrogen and oxygen atoms in total. The number of benzene rings is 1. The molecule has 0 amide bonds. The zero-order valence-electron chi connectivity index (χ0n) is 11.1. The van der Waals surface area contributed by atoms with Gasteiger partial charge in [-0.2, -0.15) is 0 Å². The lowest BCUT2D eigenvalue weighted by Crippen LogP contribution is -1.92. The van der Waals surface area contributed by atoms with E-state index in [0.717, 1.165) is 16.0 Å². The van der Waals surface area contributed by atoms with Crippen molar-refractivity contribution in [2.75, 3.05) is 11.9 Å². The smallest absolute Gasteiger partial charge is 0.371 e. The second kappa shape index (κ2) is 5.45. The van der Waals surface area contributed by atoms with Gasteiger partial charge in [-0.1, -0.05) is 11.3 Å². The van der Waals surface area contributed by atoms with Crippen molar-refractivity contribution in [2.24, 2.45) is 0 Å². The van der Waals surface area contributed by atoms with E-state index in [4.69, 9.17) is 14.3 Å². The van der Waals surface area contributed by atoms with Crippen LogP contribution in [0.1, 0.15) is 17.5 Å². The molecule has 21 heavy (non-hydrogen) atoms. The highest BCUT2D eigenvalue weighted by Crippen LogP contribution is 2.31. The molecule has 0 saturated heterocycles. The number of ether oxygens (including phenoxy) is 1. The van der Waals surface area contributed by atoms with Crippen molar-refractivity contribution in [3.05, 3.63) is 36.1 Å². The Balaban J connectivity index is 1.84. The Labute approximate surface area is 124 Å². The largest absolute Gasteiger partial charge is 0.494 e. The molecular formula is C14H12N2O4S. The molecule has 2 heterocycles. The fourth-order valence-electron chi connectivity index (χ4n) is 1.84. The topological polar surface area (TPSA) is 84.6 Å². The Morgan fingerprint density at radius 3 is 3.00 bits per heavy atom. The van der Waals surface area contributed by atoms with E-state index in [1.54, 1.807) is 6.07 Å². The van der Waals surface area contributed by atoms with Crippen LogP contribution in [0.15, 0.2) is 34.7 Å². The standard InChI is InChI=1S/C14H12N2O4S/c1-2-19-8-3-4-9-11(7-8)21-14(15-9)16-12-6-5-10(20-12)13(17)18/h3-7H,2H2,1H3,(H,15,16)(H,17,18). The maximum Gasteiger partial charge on any atom is 0.371 e. The van der Waals surface area contributed by atoms with Crippen LogP contribution < -0.4 is 10.1 Å². The minimum absolute atomic E-state index is 0.114. The Hall–Kier alpha value is -2.54. The average molecular weight is 304 g/mol. The molecule has 0 aliphatic rings. The second-order valence-electron chi connectivity index (χ2n) is 4.18. The summed E-state index contributed by atoms with van der Waals surface area (Å²) in [6, 6.07) is 8.62. The lowest BCUT2D eigenvalue weighted by atomic mass is 10.3. The van der Waals surface area contributed by atoms with Crippen LogP contribution in [0.25, 0.3) is 10.2 Å². The molecule has 0 bridgehead atoms. The first-order chi connectivity index (χ1) is 10.2. The number of hydrogen-bond acceptors (Lipinski definition) is 6. The Bertz CT molecular complexity index is 793. The normalized spacial score (nSPS) is 10.7. The van der Waals surface area contributed by atoms with E-state index in [1.165, 1.54) is 17.4 Å². The molecule has 7 heteroatoms. The van der Waals surface area contributed by atoms with E-state index in [2.05, 4.69) is 10.3 Å². The Morgan fingerprint density at radius 1 is 1.43 bits per heavy atom. The minimum atomic E-state index is -1.10. The maximum absolute atomic E-state index is 10.8. The van der Waals surface area contributed by atoms with Gasteiger partial charge in [0.2, 0.25) is 5.76 Å². The van der Waals surface area contributed by atoms with E-state index >= 15 is 0 Å². The predicted octanol–water partition coefficient (Wildman–Crippen LogP) is 3.73. The van der Waals surface area contributed by atoms with Gasteiger partial charge in [0.25, 0.3) is 0 Å². The predicted molar refractivity (Wildman–Crippen MR) is 79.7 cm³/mol. The molecule has 0 atom stereocenters. The third-order valence-electron chi connectivity index (χ3n) is 2.72. The van der Waals surface area contributed by atoms with Crippen LogP contribution in [0.3, 0.4) is 0 Å². The van der Waals surface area contributed by atoms with Gasteiger partial charge < -0.3 is 19.6 Å². The van der Waals surface area contributed by atoms with Crippen molar-refractivity contribution in [3.63, 3.8) is 0 Å². The molecular weight excluding hydrogens is 292 g/mol. The third-order valence-corrected chi connectivity index (χ3v) is 3.65. The number of carboxylic acid groups (broad SMARTS) is 1. The number of aromatic nitrogens is 1. The maximum atomic E-state index is 10.8. The molecule has 1 aromatic carbocycles. The first-order valence-corrected chi connectivity index (χ1v) is 7.11. The van der Waals surface area contributed by atoms with E-state index in [-0.39, 0.29) is 5.76 Å². The molecule has 108 valence electrons. The van der Waals surface area contributed by atoms with Gasteiger partial charge in [-0.05, 0) is 31.2 Å². The zero-order chi connectivity index (χ0) is 14.8. The summed E-state index contributed by atoms with van der Waals surface area (Å²) in [5.41, 5.74) is 0.843. The molecule has 0 aliphatic heterocycles. The summed E-state index contributed by atoms with van der Waals surface area (Å²) in [5, 5.41) is 12.4. The molecule has 2 aromatic heterocycles. The van der Waals surface area contributed by atoms with Crippen molar-refractivity contribution in [2.45, 2.75) is 6.92 Å². The van der Waals surface area contributed by atoms with E-state index in [1.807, 2.05) is 25.1 Å². The SMILES string of the molecule is CCOc1ccc2nc(Nc3ccc(C(=O)O)o3)sc2c1. The number of carbonyl (C=O) groups is 1. The van der Waals surface area contributed by atoms with Crippen LogP contribution in [0, 0.1) is 0 Å². The van der Waals surface area contributed by atoms with Crippen LogP contribution in [0.5, 0.6) is 5.75 Å². The number of hydrogen-bond donors (Lipinski definition) is 2. The highest BCUT2D eigenvalue weighted by Gasteiger charge is 2.11. The molecule has 0 fully saturated rings. The highest BCUT2D eigenvalue weighted by atomic mass is 32.1. The van der Waals surface area contributed by atoms with E-state index in [0.29, 0.717) is 17.6 Å². The van der Waals surface area contributed by atoms with Crippen molar-refractivity contribution in [1.82, 2.24) is 4.98 Å². The molecule has 3 rings (SSSR count). The van der Waals surface area contributed by atoms with Crippen LogP contribution in [0.2, 0.25) is 0 Å². The van der Waals surface area contributed by atoms with Crippen molar-refractivity contribution in [3.8, 4) is 5.75 Å². The Morgan fingerprint density at radius 2 is 2.29 bits per heavy atom. The number of thiazole rings is 1. The van der Waals surface area contributed by atoms with E-state index in [9.17, 15) is 4.79 Å². The summed E-state index contributed by atoms with van der Waals surface area (Å²) in [6.45, 7) is 2.54. The van der Waals surface area contributed by atoms with Gasteiger partial charge in [0.05, 0.1) is 16.8 Å². The van der Waals surface area contributed by atoms with Crippen LogP contribution in [-0.4, -0.2) is 22.7 Å². The zero-order valence-corrected chi connectivity index (χ0v) is 11.9. The minimum Gasteiger partial charge on any atom is -0.494 e. The van der Waals surface area contributed by atoms with Crippen LogP contribution >= 0.6 is 11.3 Å². The number of anilines is 2.